The largest absolute Gasteiger partial charge is 0.286 e. The zero-order chi connectivity index (χ0) is 15.0. The number of primary sulfonamides is 1. The second-order valence-electron chi connectivity index (χ2n) is 5.81. The van der Waals surface area contributed by atoms with Gasteiger partial charge >= 0.3 is 0 Å². The lowest BCUT2D eigenvalue weighted by atomic mass is 10.1. The lowest BCUT2D eigenvalue weighted by Crippen LogP contribution is -2.27. The summed E-state index contributed by atoms with van der Waals surface area (Å²) in [6.07, 6.45) is 4.92. The number of hydrogen-bond donors (Lipinski definition) is 1. The smallest absolute Gasteiger partial charge is 0.229 e. The van der Waals surface area contributed by atoms with Crippen LogP contribution < -0.4 is 10.0 Å². The van der Waals surface area contributed by atoms with Crippen molar-refractivity contribution < 1.29 is 13.2 Å². The number of anilines is 1. The van der Waals surface area contributed by atoms with E-state index in [1.807, 2.05) is 0 Å². The van der Waals surface area contributed by atoms with Crippen molar-refractivity contribution >= 4 is 32.4 Å². The molecular formula is C12H18N4O3S2. The summed E-state index contributed by atoms with van der Waals surface area (Å²) in [5.74, 6) is -0.0537. The number of carbonyl (C=O) groups is 1. The van der Waals surface area contributed by atoms with Gasteiger partial charge in [-0.25, -0.2) is 13.6 Å². The lowest BCUT2D eigenvalue weighted by Gasteiger charge is -2.11. The molecule has 1 aliphatic heterocycles. The zero-order valence-corrected chi connectivity index (χ0v) is 13.2. The molecule has 2 N–H and O–H groups in total. The van der Waals surface area contributed by atoms with Gasteiger partial charge < -0.3 is 0 Å². The van der Waals surface area contributed by atoms with E-state index in [0.717, 1.165) is 17.8 Å². The summed E-state index contributed by atoms with van der Waals surface area (Å²) in [6, 6.07) is 0. The highest BCUT2D eigenvalue weighted by Crippen LogP contribution is 2.38. The van der Waals surface area contributed by atoms with Crippen molar-refractivity contribution in [2.24, 2.45) is 11.1 Å². The van der Waals surface area contributed by atoms with E-state index in [1.54, 1.807) is 4.90 Å². The van der Waals surface area contributed by atoms with Crippen molar-refractivity contribution in [1.29, 1.82) is 0 Å². The molecule has 2 heterocycles. The van der Waals surface area contributed by atoms with E-state index in [1.165, 1.54) is 24.2 Å². The van der Waals surface area contributed by atoms with E-state index in [9.17, 15) is 13.2 Å². The first kappa shape index (κ1) is 14.9. The summed E-state index contributed by atoms with van der Waals surface area (Å²) in [5, 5.41) is 14.9. The highest BCUT2D eigenvalue weighted by Gasteiger charge is 2.35. The molecule has 0 spiro atoms. The number of sulfonamides is 1. The molecule has 21 heavy (non-hydrogen) atoms. The Kier molecular flexibility index (Phi) is 3.98. The van der Waals surface area contributed by atoms with Gasteiger partial charge in [-0.1, -0.05) is 24.2 Å². The number of aromatic nitrogens is 2. The third-order valence-corrected chi connectivity index (χ3v) is 6.08. The predicted molar refractivity (Wildman–Crippen MR) is 79.6 cm³/mol. The van der Waals surface area contributed by atoms with Gasteiger partial charge in [0, 0.05) is 24.8 Å². The molecule has 1 unspecified atom stereocenters. The number of rotatable bonds is 4. The van der Waals surface area contributed by atoms with Crippen LogP contribution in [0.15, 0.2) is 0 Å². The molecule has 1 saturated heterocycles. The van der Waals surface area contributed by atoms with E-state index in [2.05, 4.69) is 10.2 Å². The van der Waals surface area contributed by atoms with E-state index in [-0.39, 0.29) is 24.0 Å². The van der Waals surface area contributed by atoms with Crippen molar-refractivity contribution in [1.82, 2.24) is 10.2 Å². The predicted octanol–water partition coefficient (Wildman–Crippen LogP) is 0.837. The van der Waals surface area contributed by atoms with Crippen molar-refractivity contribution in [2.45, 2.75) is 38.0 Å². The first-order valence-electron chi connectivity index (χ1n) is 7.06. The van der Waals surface area contributed by atoms with Crippen molar-refractivity contribution in [3.63, 3.8) is 0 Å². The summed E-state index contributed by atoms with van der Waals surface area (Å²) < 4.78 is 22.3. The van der Waals surface area contributed by atoms with Gasteiger partial charge in [-0.05, 0) is 12.8 Å². The fraction of sp³-hybridized carbons (Fsp3) is 0.750. The molecule has 0 aromatic carbocycles. The first-order valence-corrected chi connectivity index (χ1v) is 9.60. The highest BCUT2D eigenvalue weighted by atomic mass is 32.2. The molecule has 0 bridgehead atoms. The third kappa shape index (κ3) is 3.41. The molecule has 9 heteroatoms. The van der Waals surface area contributed by atoms with E-state index in [4.69, 9.17) is 5.14 Å². The van der Waals surface area contributed by atoms with Gasteiger partial charge in [0.15, 0.2) is 0 Å². The molecule has 2 aliphatic rings. The van der Waals surface area contributed by atoms with Crippen LogP contribution in [-0.4, -0.2) is 36.8 Å². The zero-order valence-electron chi connectivity index (χ0n) is 11.6. The van der Waals surface area contributed by atoms with Crippen LogP contribution in [0.4, 0.5) is 5.13 Å². The number of hydrogen-bond acceptors (Lipinski definition) is 6. The minimum Gasteiger partial charge on any atom is -0.286 e. The Morgan fingerprint density at radius 2 is 2.00 bits per heavy atom. The molecule has 2 fully saturated rings. The van der Waals surface area contributed by atoms with Gasteiger partial charge in [-0.2, -0.15) is 0 Å². The van der Waals surface area contributed by atoms with Crippen molar-refractivity contribution in [3.8, 4) is 0 Å². The molecule has 1 aromatic heterocycles. The molecule has 7 nitrogen and oxygen atoms in total. The summed E-state index contributed by atoms with van der Waals surface area (Å²) >= 11 is 1.45. The molecule has 1 aliphatic carbocycles. The normalized spacial score (nSPS) is 24.1. The number of amides is 1. The molecule has 116 valence electrons. The van der Waals surface area contributed by atoms with Gasteiger partial charge in [0.05, 0.1) is 5.75 Å². The Bertz CT molecular complexity index is 637. The summed E-state index contributed by atoms with van der Waals surface area (Å²) in [7, 11) is -3.56. The minimum atomic E-state index is -3.56. The average molecular weight is 330 g/mol. The topological polar surface area (TPSA) is 106 Å². The second-order valence-corrected chi connectivity index (χ2v) is 8.45. The minimum absolute atomic E-state index is 0.0993. The number of nitrogens with two attached hydrogens (primary N) is 1. The third-order valence-electron chi connectivity index (χ3n) is 4.04. The molecule has 0 radical (unpaired) electrons. The van der Waals surface area contributed by atoms with Crippen LogP contribution in [0.25, 0.3) is 0 Å². The quantitative estimate of drug-likeness (QED) is 0.880. The second kappa shape index (κ2) is 5.62. The van der Waals surface area contributed by atoms with Gasteiger partial charge in [-0.3, -0.25) is 9.69 Å². The van der Waals surface area contributed by atoms with Crippen LogP contribution in [0.2, 0.25) is 0 Å². The van der Waals surface area contributed by atoms with Crippen LogP contribution in [0, 0.1) is 5.92 Å². The first-order chi connectivity index (χ1) is 9.92. The van der Waals surface area contributed by atoms with Crippen LogP contribution in [0.5, 0.6) is 0 Å². The Labute approximate surface area is 127 Å². The van der Waals surface area contributed by atoms with Gasteiger partial charge in [0.25, 0.3) is 0 Å². The van der Waals surface area contributed by atoms with Gasteiger partial charge in [-0.15, -0.1) is 10.2 Å². The number of nitrogens with zero attached hydrogens (tertiary/aromatic N) is 3. The molecule has 1 amide bonds. The van der Waals surface area contributed by atoms with Gasteiger partial charge in [0.1, 0.15) is 5.01 Å². The Morgan fingerprint density at radius 1 is 1.29 bits per heavy atom. The highest BCUT2D eigenvalue weighted by molar-refractivity contribution is 7.89. The molecule has 1 saturated carbocycles. The Hall–Kier alpha value is -1.06. The van der Waals surface area contributed by atoms with Crippen LogP contribution in [-0.2, 0) is 14.8 Å². The maximum Gasteiger partial charge on any atom is 0.229 e. The maximum absolute atomic E-state index is 12.0. The monoisotopic (exact) mass is 330 g/mol. The summed E-state index contributed by atoms with van der Waals surface area (Å²) in [5.41, 5.74) is 0. The maximum atomic E-state index is 12.0. The molecule has 1 atom stereocenters. The van der Waals surface area contributed by atoms with Crippen LogP contribution in [0.1, 0.15) is 43.0 Å². The standard InChI is InChI=1S/C12H18N4O3S2/c13-21(18,19)7-8-5-10(17)16(6-8)12-15-14-11(20-12)9-3-1-2-4-9/h8-9H,1-7H2,(H2,13,18,19). The fourth-order valence-corrected chi connectivity index (χ4v) is 5.00. The summed E-state index contributed by atoms with van der Waals surface area (Å²) in [4.78, 5) is 13.6. The lowest BCUT2D eigenvalue weighted by molar-refractivity contribution is -0.117. The van der Waals surface area contributed by atoms with E-state index in [0.29, 0.717) is 17.6 Å². The van der Waals surface area contributed by atoms with Crippen molar-refractivity contribution in [2.75, 3.05) is 17.2 Å². The Balaban J connectivity index is 1.70. The Morgan fingerprint density at radius 3 is 2.67 bits per heavy atom. The van der Waals surface area contributed by atoms with E-state index >= 15 is 0 Å². The molecule has 3 rings (SSSR count). The van der Waals surface area contributed by atoms with Crippen molar-refractivity contribution in [3.05, 3.63) is 5.01 Å². The SMILES string of the molecule is NS(=O)(=O)CC1CC(=O)N(c2nnc(C3CCCC3)s2)C1. The summed E-state index contributed by atoms with van der Waals surface area (Å²) in [6.45, 7) is 0.356. The van der Waals surface area contributed by atoms with E-state index < -0.39 is 10.0 Å². The molecule has 1 aromatic rings. The van der Waals surface area contributed by atoms with Gasteiger partial charge in [0.2, 0.25) is 21.1 Å². The average Bonchev–Trinajstić information content (AvgIpc) is 3.06. The fourth-order valence-electron chi connectivity index (χ4n) is 3.08. The molecular weight excluding hydrogens is 312 g/mol. The van der Waals surface area contributed by atoms with Crippen LogP contribution >= 0.6 is 11.3 Å². The van der Waals surface area contributed by atoms with Crippen LogP contribution in [0.3, 0.4) is 0 Å². The number of carbonyl (C=O) groups excluding carboxylic acids is 1.